The second kappa shape index (κ2) is 6.96. The Balaban J connectivity index is 2.42. The molecule has 2 rings (SSSR count). The lowest BCUT2D eigenvalue weighted by atomic mass is 9.89. The first-order chi connectivity index (χ1) is 9.92. The van der Waals surface area contributed by atoms with Crippen molar-refractivity contribution in [1.29, 1.82) is 0 Å². The third-order valence-electron chi connectivity index (χ3n) is 3.22. The van der Waals surface area contributed by atoms with Gasteiger partial charge in [-0.1, -0.05) is 31.9 Å². The van der Waals surface area contributed by atoms with Crippen LogP contribution >= 0.6 is 31.9 Å². The molecule has 2 unspecified atom stereocenters. The summed E-state index contributed by atoms with van der Waals surface area (Å²) in [6.45, 7) is 0.0585. The average molecular weight is 421 g/mol. The third kappa shape index (κ3) is 3.88. The zero-order valence-electron chi connectivity index (χ0n) is 10.9. The molecule has 2 aromatic carbocycles. The number of aliphatic hydroxyl groups excluding tert-OH is 1. The van der Waals surface area contributed by atoms with Gasteiger partial charge in [-0.25, -0.2) is 8.78 Å². The maximum Gasteiger partial charge on any atom is 0.126 e. The molecule has 0 aliphatic rings. The molecule has 21 heavy (non-hydrogen) atoms. The van der Waals surface area contributed by atoms with Gasteiger partial charge in [0.25, 0.3) is 0 Å². The van der Waals surface area contributed by atoms with Crippen LogP contribution in [-0.4, -0.2) is 11.7 Å². The Labute approximate surface area is 138 Å². The summed E-state index contributed by atoms with van der Waals surface area (Å²) < 4.78 is 28.2. The maximum atomic E-state index is 13.4. The molecular weight excluding hydrogens is 408 g/mol. The van der Waals surface area contributed by atoms with Crippen molar-refractivity contribution < 1.29 is 13.9 Å². The quantitative estimate of drug-likeness (QED) is 0.775. The van der Waals surface area contributed by atoms with Crippen LogP contribution < -0.4 is 5.73 Å². The Morgan fingerprint density at radius 2 is 1.67 bits per heavy atom. The number of hydrogen-bond acceptors (Lipinski definition) is 2. The highest BCUT2D eigenvalue weighted by Gasteiger charge is 2.24. The van der Waals surface area contributed by atoms with E-state index in [2.05, 4.69) is 31.9 Å². The van der Waals surface area contributed by atoms with Crippen LogP contribution in [0.25, 0.3) is 0 Å². The smallest absolute Gasteiger partial charge is 0.126 e. The number of halogens is 4. The van der Waals surface area contributed by atoms with Crippen molar-refractivity contribution >= 4 is 31.9 Å². The summed E-state index contributed by atoms with van der Waals surface area (Å²) in [4.78, 5) is 0. The van der Waals surface area contributed by atoms with Crippen LogP contribution in [0.4, 0.5) is 8.78 Å². The first kappa shape index (κ1) is 16.5. The fourth-order valence-electron chi connectivity index (χ4n) is 2.19. The van der Waals surface area contributed by atoms with Crippen molar-refractivity contribution in [2.75, 3.05) is 6.54 Å². The van der Waals surface area contributed by atoms with E-state index >= 15 is 0 Å². The highest BCUT2D eigenvalue weighted by molar-refractivity contribution is 9.11. The van der Waals surface area contributed by atoms with E-state index in [1.54, 1.807) is 12.1 Å². The van der Waals surface area contributed by atoms with Crippen molar-refractivity contribution in [2.24, 2.45) is 5.73 Å². The first-order valence-electron chi connectivity index (χ1n) is 6.21. The predicted molar refractivity (Wildman–Crippen MR) is 85.0 cm³/mol. The van der Waals surface area contributed by atoms with E-state index < -0.39 is 23.7 Å². The average Bonchev–Trinajstić information content (AvgIpc) is 2.41. The molecule has 0 spiro atoms. The Morgan fingerprint density at radius 3 is 2.24 bits per heavy atom. The van der Waals surface area contributed by atoms with Crippen LogP contribution in [0, 0.1) is 11.6 Å². The summed E-state index contributed by atoms with van der Waals surface area (Å²) in [6.07, 6.45) is -0.983. The third-order valence-corrected chi connectivity index (χ3v) is 4.44. The van der Waals surface area contributed by atoms with Crippen molar-refractivity contribution in [1.82, 2.24) is 0 Å². The molecule has 0 amide bonds. The molecule has 2 nitrogen and oxygen atoms in total. The van der Waals surface area contributed by atoms with Crippen molar-refractivity contribution in [3.8, 4) is 0 Å². The van der Waals surface area contributed by atoms with Gasteiger partial charge in [0.05, 0.1) is 6.10 Å². The fourth-order valence-corrected chi connectivity index (χ4v) is 3.05. The lowest BCUT2D eigenvalue weighted by Gasteiger charge is -2.23. The molecule has 2 aromatic rings. The van der Waals surface area contributed by atoms with Crippen LogP contribution in [0.5, 0.6) is 0 Å². The predicted octanol–water partition coefficient (Wildman–Crippen LogP) is 4.27. The minimum Gasteiger partial charge on any atom is -0.388 e. The molecule has 112 valence electrons. The maximum absolute atomic E-state index is 13.4. The van der Waals surface area contributed by atoms with Crippen molar-refractivity contribution in [3.63, 3.8) is 0 Å². The Kier molecular flexibility index (Phi) is 5.48. The van der Waals surface area contributed by atoms with Gasteiger partial charge in [-0.2, -0.15) is 0 Å². The molecule has 0 saturated heterocycles. The van der Waals surface area contributed by atoms with Crippen LogP contribution in [0.3, 0.4) is 0 Å². The number of hydrogen-bond donors (Lipinski definition) is 2. The summed E-state index contributed by atoms with van der Waals surface area (Å²) in [5.74, 6) is -1.99. The molecule has 0 aliphatic carbocycles. The van der Waals surface area contributed by atoms with E-state index in [4.69, 9.17) is 5.73 Å². The summed E-state index contributed by atoms with van der Waals surface area (Å²) >= 11 is 6.69. The van der Waals surface area contributed by atoms with E-state index in [0.29, 0.717) is 15.6 Å². The van der Waals surface area contributed by atoms with Crippen molar-refractivity contribution in [2.45, 2.75) is 12.0 Å². The van der Waals surface area contributed by atoms with Crippen LogP contribution in [-0.2, 0) is 0 Å². The zero-order chi connectivity index (χ0) is 15.6. The fraction of sp³-hybridized carbons (Fsp3) is 0.200. The monoisotopic (exact) mass is 419 g/mol. The lowest BCUT2D eigenvalue weighted by Crippen LogP contribution is -2.21. The summed E-state index contributed by atoms with van der Waals surface area (Å²) in [6, 6.07) is 8.51. The van der Waals surface area contributed by atoms with E-state index in [1.807, 2.05) is 6.07 Å². The summed E-state index contributed by atoms with van der Waals surface area (Å²) in [5, 5.41) is 10.5. The molecule has 0 bridgehead atoms. The number of rotatable bonds is 4. The summed E-state index contributed by atoms with van der Waals surface area (Å²) in [7, 11) is 0. The highest BCUT2D eigenvalue weighted by atomic mass is 79.9. The molecule has 0 fully saturated rings. The van der Waals surface area contributed by atoms with Crippen LogP contribution in [0.1, 0.15) is 23.1 Å². The second-order valence-electron chi connectivity index (χ2n) is 4.66. The molecule has 0 radical (unpaired) electrons. The van der Waals surface area contributed by atoms with Gasteiger partial charge in [0.1, 0.15) is 11.6 Å². The Bertz CT molecular complexity index is 631. The number of nitrogens with two attached hydrogens (primary N) is 1. The van der Waals surface area contributed by atoms with E-state index in [-0.39, 0.29) is 6.54 Å². The molecule has 2 atom stereocenters. The van der Waals surface area contributed by atoms with Gasteiger partial charge < -0.3 is 10.8 Å². The van der Waals surface area contributed by atoms with Gasteiger partial charge in [-0.05, 0) is 41.5 Å². The van der Waals surface area contributed by atoms with E-state index in [9.17, 15) is 13.9 Å². The van der Waals surface area contributed by atoms with Crippen LogP contribution in [0.15, 0.2) is 45.3 Å². The largest absolute Gasteiger partial charge is 0.388 e. The lowest BCUT2D eigenvalue weighted by molar-refractivity contribution is 0.146. The SMILES string of the molecule is NCC(c1cc(F)cc(F)c1)C(O)c1cc(Br)ccc1Br. The zero-order valence-corrected chi connectivity index (χ0v) is 14.0. The summed E-state index contributed by atoms with van der Waals surface area (Å²) in [5.41, 5.74) is 6.63. The van der Waals surface area contributed by atoms with E-state index in [1.165, 1.54) is 12.1 Å². The minimum atomic E-state index is -0.983. The van der Waals surface area contributed by atoms with Crippen molar-refractivity contribution in [3.05, 3.63) is 68.1 Å². The molecule has 0 aromatic heterocycles. The molecule has 0 aliphatic heterocycles. The Morgan fingerprint density at radius 1 is 1.05 bits per heavy atom. The van der Waals surface area contributed by atoms with Gasteiger partial charge in [0.15, 0.2) is 0 Å². The molecule has 0 saturated carbocycles. The minimum absolute atomic E-state index is 0.0585. The van der Waals surface area contributed by atoms with Crippen LogP contribution in [0.2, 0.25) is 0 Å². The van der Waals surface area contributed by atoms with Gasteiger partial charge >= 0.3 is 0 Å². The molecule has 6 heteroatoms. The molecular formula is C15H13Br2F2NO. The van der Waals surface area contributed by atoms with E-state index in [0.717, 1.165) is 10.5 Å². The van der Waals surface area contributed by atoms with Gasteiger partial charge in [0, 0.05) is 27.5 Å². The molecule has 3 N–H and O–H groups in total. The van der Waals surface area contributed by atoms with Gasteiger partial charge in [0.2, 0.25) is 0 Å². The molecule has 0 heterocycles. The topological polar surface area (TPSA) is 46.2 Å². The standard InChI is InChI=1S/C15H13Br2F2NO/c16-9-1-2-14(17)12(5-9)15(21)13(7-20)8-3-10(18)6-11(19)4-8/h1-6,13,15,21H,7,20H2. The van der Waals surface area contributed by atoms with Gasteiger partial charge in [-0.3, -0.25) is 0 Å². The second-order valence-corrected chi connectivity index (χ2v) is 6.43. The first-order valence-corrected chi connectivity index (χ1v) is 7.80. The number of aliphatic hydroxyl groups is 1. The number of benzene rings is 2. The van der Waals surface area contributed by atoms with Gasteiger partial charge in [-0.15, -0.1) is 0 Å². The normalized spacial score (nSPS) is 14.0. The highest BCUT2D eigenvalue weighted by Crippen LogP contribution is 2.36. The Hall–Kier alpha value is -0.820.